The smallest absolute Gasteiger partial charge is 0.191 e. The molecule has 6 heteroatoms. The van der Waals surface area contributed by atoms with Crippen LogP contribution in [-0.2, 0) is 11.3 Å². The summed E-state index contributed by atoms with van der Waals surface area (Å²) < 4.78 is 5.82. The van der Waals surface area contributed by atoms with Gasteiger partial charge in [0.05, 0.1) is 6.10 Å². The van der Waals surface area contributed by atoms with Gasteiger partial charge in [-0.1, -0.05) is 12.1 Å². The maximum Gasteiger partial charge on any atom is 0.191 e. The molecule has 0 spiro atoms. The predicted molar refractivity (Wildman–Crippen MR) is 110 cm³/mol. The van der Waals surface area contributed by atoms with Gasteiger partial charge in [-0.25, -0.2) is 0 Å². The Morgan fingerprint density at radius 3 is 2.68 bits per heavy atom. The lowest BCUT2D eigenvalue weighted by Crippen LogP contribution is -2.42. The van der Waals surface area contributed by atoms with Crippen LogP contribution in [0, 0.1) is 6.92 Å². The minimum atomic E-state index is 0.187. The summed E-state index contributed by atoms with van der Waals surface area (Å²) in [6.07, 6.45) is 3.30. The summed E-state index contributed by atoms with van der Waals surface area (Å²) in [5.74, 6) is 0.808. The van der Waals surface area contributed by atoms with Crippen LogP contribution in [0.1, 0.15) is 24.5 Å². The van der Waals surface area contributed by atoms with Gasteiger partial charge in [-0.15, -0.1) is 11.8 Å². The van der Waals surface area contributed by atoms with E-state index in [4.69, 9.17) is 4.74 Å². The van der Waals surface area contributed by atoms with E-state index in [9.17, 15) is 0 Å². The van der Waals surface area contributed by atoms with Crippen LogP contribution in [0.15, 0.2) is 28.1 Å². The van der Waals surface area contributed by atoms with Gasteiger partial charge in [0, 0.05) is 38.2 Å². The molecule has 0 heterocycles. The van der Waals surface area contributed by atoms with Crippen molar-refractivity contribution in [2.24, 2.45) is 4.99 Å². The number of nitrogens with one attached hydrogen (secondary N) is 2. The minimum Gasteiger partial charge on any atom is -0.377 e. The lowest BCUT2D eigenvalue weighted by Gasteiger charge is -2.21. The summed E-state index contributed by atoms with van der Waals surface area (Å²) in [6.45, 7) is 7.42. The largest absolute Gasteiger partial charge is 0.377 e. The zero-order valence-electron chi connectivity index (χ0n) is 16.6. The van der Waals surface area contributed by atoms with Crippen molar-refractivity contribution in [3.8, 4) is 0 Å². The molecule has 0 saturated carbocycles. The van der Waals surface area contributed by atoms with Crippen molar-refractivity contribution in [1.82, 2.24) is 15.5 Å². The van der Waals surface area contributed by atoms with E-state index in [-0.39, 0.29) is 6.10 Å². The fourth-order valence-electron chi connectivity index (χ4n) is 2.49. The first-order valence-corrected chi connectivity index (χ1v) is 10.1. The number of guanidine groups is 1. The van der Waals surface area contributed by atoms with Crippen molar-refractivity contribution >= 4 is 17.7 Å². The van der Waals surface area contributed by atoms with Gasteiger partial charge in [0.1, 0.15) is 0 Å². The quantitative estimate of drug-likeness (QED) is 0.379. The van der Waals surface area contributed by atoms with Crippen LogP contribution in [0.25, 0.3) is 0 Å². The third-order valence-corrected chi connectivity index (χ3v) is 4.73. The number of thioether (sulfide) groups is 1. The lowest BCUT2D eigenvalue weighted by molar-refractivity contribution is 0.0548. The van der Waals surface area contributed by atoms with Crippen LogP contribution >= 0.6 is 11.8 Å². The Morgan fingerprint density at radius 1 is 1.32 bits per heavy atom. The zero-order valence-corrected chi connectivity index (χ0v) is 17.4. The number of benzene rings is 1. The molecule has 0 amide bonds. The Morgan fingerprint density at radius 2 is 2.08 bits per heavy atom. The maximum atomic E-state index is 5.82. The Kier molecular flexibility index (Phi) is 10.6. The first kappa shape index (κ1) is 21.8. The molecule has 0 aromatic heterocycles. The van der Waals surface area contributed by atoms with E-state index >= 15 is 0 Å². The molecule has 0 aliphatic carbocycles. The Labute approximate surface area is 157 Å². The van der Waals surface area contributed by atoms with Crippen LogP contribution in [0.3, 0.4) is 0 Å². The van der Waals surface area contributed by atoms with E-state index in [0.29, 0.717) is 0 Å². The lowest BCUT2D eigenvalue weighted by atomic mass is 10.1. The molecule has 0 saturated heterocycles. The topological polar surface area (TPSA) is 48.9 Å². The van der Waals surface area contributed by atoms with Gasteiger partial charge < -0.3 is 20.3 Å². The average Bonchev–Trinajstić information content (AvgIpc) is 2.60. The first-order valence-electron chi connectivity index (χ1n) is 8.84. The van der Waals surface area contributed by atoms with Gasteiger partial charge in [-0.3, -0.25) is 4.99 Å². The Hall–Kier alpha value is -1.24. The van der Waals surface area contributed by atoms with Crippen molar-refractivity contribution < 1.29 is 4.74 Å². The molecule has 142 valence electrons. The van der Waals surface area contributed by atoms with Gasteiger partial charge in [-0.05, 0) is 57.8 Å². The van der Waals surface area contributed by atoms with Gasteiger partial charge >= 0.3 is 0 Å². The van der Waals surface area contributed by atoms with Crippen LogP contribution in [0.4, 0.5) is 0 Å². The van der Waals surface area contributed by atoms with Crippen molar-refractivity contribution in [2.75, 3.05) is 47.1 Å². The van der Waals surface area contributed by atoms with E-state index in [1.807, 2.05) is 6.92 Å². The second-order valence-electron chi connectivity index (χ2n) is 6.29. The van der Waals surface area contributed by atoms with Crippen LogP contribution in [-0.4, -0.2) is 64.1 Å². The molecule has 2 N–H and O–H groups in total. The molecule has 0 aliphatic heterocycles. The minimum absolute atomic E-state index is 0.187. The predicted octanol–water partition coefficient (Wildman–Crippen LogP) is 2.74. The molecular weight excluding hydrogens is 332 g/mol. The number of hydrogen-bond donors (Lipinski definition) is 2. The summed E-state index contributed by atoms with van der Waals surface area (Å²) in [5.41, 5.74) is 2.58. The van der Waals surface area contributed by atoms with Crippen molar-refractivity contribution in [1.29, 1.82) is 0 Å². The van der Waals surface area contributed by atoms with Crippen LogP contribution < -0.4 is 10.6 Å². The second-order valence-corrected chi connectivity index (χ2v) is 7.14. The van der Waals surface area contributed by atoms with Crippen molar-refractivity contribution in [3.05, 3.63) is 29.3 Å². The highest BCUT2D eigenvalue weighted by Crippen LogP contribution is 2.21. The van der Waals surface area contributed by atoms with Gasteiger partial charge in [0.15, 0.2) is 5.96 Å². The molecule has 1 atom stereocenters. The SMILES string of the molecule is CCOC(CCN(C)C)CNC(=NC)NCc1ccc(C)cc1SC. The highest BCUT2D eigenvalue weighted by atomic mass is 32.2. The number of aryl methyl sites for hydroxylation is 1. The molecule has 1 unspecified atom stereocenters. The number of aliphatic imine (C=N–C) groups is 1. The molecule has 0 bridgehead atoms. The standard InChI is InChI=1S/C19H34N4OS/c1-7-24-17(10-11-23(4)5)14-22-19(20-3)21-13-16-9-8-15(2)12-18(16)25-6/h8-9,12,17H,7,10-11,13-14H2,1-6H3,(H2,20,21,22). The van der Waals surface area contributed by atoms with E-state index in [1.165, 1.54) is 16.0 Å². The molecule has 1 aromatic rings. The maximum absolute atomic E-state index is 5.82. The highest BCUT2D eigenvalue weighted by Gasteiger charge is 2.10. The zero-order chi connectivity index (χ0) is 18.7. The third-order valence-electron chi connectivity index (χ3n) is 3.91. The van der Waals surface area contributed by atoms with E-state index in [2.05, 4.69) is 66.0 Å². The average molecular weight is 367 g/mol. The molecule has 1 rings (SSSR count). The van der Waals surface area contributed by atoms with Crippen LogP contribution in [0.5, 0.6) is 0 Å². The number of hydrogen-bond acceptors (Lipinski definition) is 4. The van der Waals surface area contributed by atoms with Crippen molar-refractivity contribution in [2.45, 2.75) is 37.8 Å². The molecule has 5 nitrogen and oxygen atoms in total. The molecule has 25 heavy (non-hydrogen) atoms. The second kappa shape index (κ2) is 12.2. The van der Waals surface area contributed by atoms with E-state index in [1.54, 1.807) is 18.8 Å². The van der Waals surface area contributed by atoms with E-state index in [0.717, 1.165) is 38.6 Å². The Bertz CT molecular complexity index is 534. The molecular formula is C19H34N4OS. The number of ether oxygens (including phenoxy) is 1. The van der Waals surface area contributed by atoms with Crippen LogP contribution in [0.2, 0.25) is 0 Å². The summed E-state index contributed by atoms with van der Waals surface area (Å²) in [7, 11) is 5.97. The number of rotatable bonds is 10. The molecule has 1 aromatic carbocycles. The first-order chi connectivity index (χ1) is 12.0. The third kappa shape index (κ3) is 8.61. The molecule has 0 aliphatic rings. The summed E-state index contributed by atoms with van der Waals surface area (Å²) >= 11 is 1.78. The van der Waals surface area contributed by atoms with Gasteiger partial charge in [0.2, 0.25) is 0 Å². The van der Waals surface area contributed by atoms with Gasteiger partial charge in [-0.2, -0.15) is 0 Å². The normalized spacial score (nSPS) is 13.2. The highest BCUT2D eigenvalue weighted by molar-refractivity contribution is 7.98. The fraction of sp³-hybridized carbons (Fsp3) is 0.632. The summed E-state index contributed by atoms with van der Waals surface area (Å²) in [5, 5.41) is 6.79. The summed E-state index contributed by atoms with van der Waals surface area (Å²) in [4.78, 5) is 7.81. The summed E-state index contributed by atoms with van der Waals surface area (Å²) in [6, 6.07) is 6.56. The molecule has 0 fully saturated rings. The monoisotopic (exact) mass is 366 g/mol. The van der Waals surface area contributed by atoms with Crippen molar-refractivity contribution in [3.63, 3.8) is 0 Å². The molecule has 0 radical (unpaired) electrons. The fourth-order valence-corrected chi connectivity index (χ4v) is 3.20. The van der Waals surface area contributed by atoms with E-state index < -0.39 is 0 Å². The Balaban J connectivity index is 2.53. The number of nitrogens with zero attached hydrogens (tertiary/aromatic N) is 2. The van der Waals surface area contributed by atoms with Gasteiger partial charge in [0.25, 0.3) is 0 Å².